The largest absolute Gasteiger partial charge is 0.367 e. The van der Waals surface area contributed by atoms with Gasteiger partial charge in [0, 0.05) is 45.0 Å². The second-order valence-corrected chi connectivity index (χ2v) is 8.33. The van der Waals surface area contributed by atoms with Crippen LogP contribution < -0.4 is 4.90 Å². The minimum atomic E-state index is -3.45. The molecule has 0 fully saturated rings. The first kappa shape index (κ1) is 17.4. The van der Waals surface area contributed by atoms with Crippen LogP contribution in [0, 0.1) is 10.1 Å². The molecule has 1 aliphatic heterocycles. The Morgan fingerprint density at radius 1 is 1.20 bits per heavy atom. The van der Waals surface area contributed by atoms with Gasteiger partial charge in [-0.2, -0.15) is 0 Å². The number of anilines is 1. The fourth-order valence-corrected chi connectivity index (χ4v) is 3.92. The summed E-state index contributed by atoms with van der Waals surface area (Å²) in [6, 6.07) is 11.7. The normalized spacial score (nSPS) is 14.0. The van der Waals surface area contributed by atoms with E-state index in [1.165, 1.54) is 24.5 Å². The lowest BCUT2D eigenvalue weighted by Gasteiger charge is -2.20. The lowest BCUT2D eigenvalue weighted by molar-refractivity contribution is -0.384. The van der Waals surface area contributed by atoms with E-state index < -0.39 is 14.9 Å². The van der Waals surface area contributed by atoms with Crippen LogP contribution in [0.3, 0.4) is 0 Å². The van der Waals surface area contributed by atoms with E-state index in [0.717, 1.165) is 29.8 Å². The van der Waals surface area contributed by atoms with Crippen LogP contribution in [0.25, 0.3) is 0 Å². The number of fused-ring (bicyclic) bond motifs is 1. The van der Waals surface area contributed by atoms with Gasteiger partial charge in [-0.1, -0.05) is 12.1 Å². The molecule has 3 rings (SSSR count). The lowest BCUT2D eigenvalue weighted by Crippen LogP contribution is -2.22. The van der Waals surface area contributed by atoms with Gasteiger partial charge in [-0.25, -0.2) is 12.7 Å². The van der Waals surface area contributed by atoms with Crippen molar-refractivity contribution >= 4 is 21.4 Å². The van der Waals surface area contributed by atoms with Crippen molar-refractivity contribution in [3.05, 3.63) is 63.7 Å². The standard InChI is InChI=1S/C17H19N3O4S/c1-18(2)25(23,24)16-6-7-17-14(11-16)8-9-19(17)12-13-4-3-5-15(10-13)20(21)22/h3-7,10-11H,8-9,12H2,1-2H3. The number of sulfonamides is 1. The molecule has 0 radical (unpaired) electrons. The van der Waals surface area contributed by atoms with E-state index >= 15 is 0 Å². The maximum atomic E-state index is 12.3. The van der Waals surface area contributed by atoms with Crippen molar-refractivity contribution in [2.24, 2.45) is 0 Å². The summed E-state index contributed by atoms with van der Waals surface area (Å²) in [5, 5.41) is 10.9. The second kappa shape index (κ2) is 6.45. The molecule has 0 aliphatic carbocycles. The van der Waals surface area contributed by atoms with Crippen LogP contribution in [0.1, 0.15) is 11.1 Å². The Balaban J connectivity index is 1.86. The number of nitrogens with zero attached hydrogens (tertiary/aromatic N) is 3. The smallest absolute Gasteiger partial charge is 0.269 e. The molecule has 2 aromatic rings. The molecule has 0 N–H and O–H groups in total. The summed E-state index contributed by atoms with van der Waals surface area (Å²) in [6.07, 6.45) is 0.751. The number of nitro benzene ring substituents is 1. The van der Waals surface area contributed by atoms with Gasteiger partial charge in [-0.15, -0.1) is 0 Å². The molecule has 0 unspecified atom stereocenters. The molecule has 0 spiro atoms. The third kappa shape index (κ3) is 3.35. The first-order chi connectivity index (χ1) is 11.8. The van der Waals surface area contributed by atoms with Gasteiger partial charge >= 0.3 is 0 Å². The topological polar surface area (TPSA) is 83.8 Å². The maximum absolute atomic E-state index is 12.3. The van der Waals surface area contributed by atoms with Gasteiger partial charge in [0.05, 0.1) is 9.82 Å². The molecule has 0 atom stereocenters. The van der Waals surface area contributed by atoms with Crippen molar-refractivity contribution in [2.75, 3.05) is 25.5 Å². The predicted octanol–water partition coefficient (Wildman–Crippen LogP) is 2.41. The summed E-state index contributed by atoms with van der Waals surface area (Å²) >= 11 is 0. The molecule has 1 aliphatic rings. The van der Waals surface area contributed by atoms with Crippen LogP contribution in [0.5, 0.6) is 0 Å². The maximum Gasteiger partial charge on any atom is 0.269 e. The number of nitro groups is 1. The van der Waals surface area contributed by atoms with Crippen molar-refractivity contribution in [2.45, 2.75) is 17.9 Å². The molecular formula is C17H19N3O4S. The summed E-state index contributed by atoms with van der Waals surface area (Å²) in [4.78, 5) is 12.9. The van der Waals surface area contributed by atoms with Gasteiger partial charge in [-0.3, -0.25) is 10.1 Å². The first-order valence-corrected chi connectivity index (χ1v) is 9.27. The Labute approximate surface area is 146 Å². The van der Waals surface area contributed by atoms with E-state index in [1.54, 1.807) is 24.3 Å². The zero-order valence-electron chi connectivity index (χ0n) is 14.0. The van der Waals surface area contributed by atoms with E-state index in [2.05, 4.69) is 4.90 Å². The molecule has 7 nitrogen and oxygen atoms in total. The van der Waals surface area contributed by atoms with E-state index in [0.29, 0.717) is 6.54 Å². The molecule has 8 heteroatoms. The Bertz CT molecular complexity index is 925. The van der Waals surface area contributed by atoms with Gasteiger partial charge in [0.25, 0.3) is 5.69 Å². The van der Waals surface area contributed by atoms with Gasteiger partial charge in [0.2, 0.25) is 10.0 Å². The molecule has 0 saturated heterocycles. The van der Waals surface area contributed by atoms with Gasteiger partial charge in [0.15, 0.2) is 0 Å². The van der Waals surface area contributed by atoms with Crippen molar-refractivity contribution in [1.82, 2.24) is 4.31 Å². The van der Waals surface area contributed by atoms with Gasteiger partial charge < -0.3 is 4.90 Å². The first-order valence-electron chi connectivity index (χ1n) is 7.83. The summed E-state index contributed by atoms with van der Waals surface area (Å²) < 4.78 is 25.7. The summed E-state index contributed by atoms with van der Waals surface area (Å²) in [7, 11) is -0.428. The lowest BCUT2D eigenvalue weighted by atomic mass is 10.1. The van der Waals surface area contributed by atoms with Crippen molar-refractivity contribution in [3.8, 4) is 0 Å². The monoisotopic (exact) mass is 361 g/mol. The number of hydrogen-bond donors (Lipinski definition) is 0. The Morgan fingerprint density at radius 2 is 1.96 bits per heavy atom. The second-order valence-electron chi connectivity index (χ2n) is 6.18. The molecule has 0 saturated carbocycles. The average molecular weight is 361 g/mol. The Hall–Kier alpha value is -2.45. The summed E-state index contributed by atoms with van der Waals surface area (Å²) in [5.41, 5.74) is 2.88. The van der Waals surface area contributed by atoms with Crippen LogP contribution in [0.15, 0.2) is 47.4 Å². The van der Waals surface area contributed by atoms with Gasteiger partial charge in [-0.05, 0) is 35.7 Å². The molecule has 25 heavy (non-hydrogen) atoms. The minimum Gasteiger partial charge on any atom is -0.367 e. The van der Waals surface area contributed by atoms with E-state index in [-0.39, 0.29) is 10.6 Å². The van der Waals surface area contributed by atoms with E-state index in [4.69, 9.17) is 0 Å². The van der Waals surface area contributed by atoms with Gasteiger partial charge in [0.1, 0.15) is 0 Å². The van der Waals surface area contributed by atoms with Crippen LogP contribution in [0.2, 0.25) is 0 Å². The predicted molar refractivity (Wildman–Crippen MR) is 95.2 cm³/mol. The molecule has 0 aromatic heterocycles. The van der Waals surface area contributed by atoms with Crippen LogP contribution in [-0.2, 0) is 23.0 Å². The van der Waals surface area contributed by atoms with E-state index in [9.17, 15) is 18.5 Å². The van der Waals surface area contributed by atoms with Crippen LogP contribution in [0.4, 0.5) is 11.4 Å². The zero-order valence-corrected chi connectivity index (χ0v) is 14.9. The highest BCUT2D eigenvalue weighted by molar-refractivity contribution is 7.89. The van der Waals surface area contributed by atoms with Crippen molar-refractivity contribution in [1.29, 1.82) is 0 Å². The number of rotatable bonds is 5. The minimum absolute atomic E-state index is 0.0735. The molecule has 132 valence electrons. The molecular weight excluding hydrogens is 342 g/mol. The third-order valence-electron chi connectivity index (χ3n) is 4.32. The number of non-ortho nitro benzene ring substituents is 1. The van der Waals surface area contributed by atoms with Crippen LogP contribution in [-0.4, -0.2) is 38.3 Å². The highest BCUT2D eigenvalue weighted by atomic mass is 32.2. The van der Waals surface area contributed by atoms with Crippen molar-refractivity contribution < 1.29 is 13.3 Å². The van der Waals surface area contributed by atoms with Crippen LogP contribution >= 0.6 is 0 Å². The molecule has 0 bridgehead atoms. The molecule has 0 amide bonds. The van der Waals surface area contributed by atoms with Crippen molar-refractivity contribution in [3.63, 3.8) is 0 Å². The molecule has 1 heterocycles. The fourth-order valence-electron chi connectivity index (χ4n) is 2.97. The summed E-state index contributed by atoms with van der Waals surface area (Å²) in [6.45, 7) is 1.30. The highest BCUT2D eigenvalue weighted by Crippen LogP contribution is 2.32. The summed E-state index contributed by atoms with van der Waals surface area (Å²) in [5.74, 6) is 0. The van der Waals surface area contributed by atoms with E-state index in [1.807, 2.05) is 12.1 Å². The average Bonchev–Trinajstić information content (AvgIpc) is 2.97. The Morgan fingerprint density at radius 3 is 2.64 bits per heavy atom. The zero-order chi connectivity index (χ0) is 18.2. The Kier molecular flexibility index (Phi) is 4.49. The number of benzene rings is 2. The number of hydrogen-bond acceptors (Lipinski definition) is 5. The highest BCUT2D eigenvalue weighted by Gasteiger charge is 2.24. The third-order valence-corrected chi connectivity index (χ3v) is 6.13. The molecule has 2 aromatic carbocycles. The quantitative estimate of drug-likeness (QED) is 0.603. The SMILES string of the molecule is CN(C)S(=O)(=O)c1ccc2c(c1)CCN2Cc1cccc([N+](=O)[O-])c1. The fraction of sp³-hybridized carbons (Fsp3) is 0.294.